The fourth-order valence-electron chi connectivity index (χ4n) is 0.680. The Labute approximate surface area is 122 Å². The maximum atomic E-state index is 5.05. The predicted octanol–water partition coefficient (Wildman–Crippen LogP) is 4.07. The van der Waals surface area contributed by atoms with Gasteiger partial charge >= 0.3 is 26.2 Å². The van der Waals surface area contributed by atoms with Crippen molar-refractivity contribution in [2.24, 2.45) is 0 Å². The van der Waals surface area contributed by atoms with Gasteiger partial charge in [0.05, 0.1) is 0 Å². The Morgan fingerprint density at radius 3 is 1.33 bits per heavy atom. The largest absolute Gasteiger partial charge is 2.00 e. The number of allylic oxidation sites excluding steroid dienone is 8. The molecule has 0 radical (unpaired) electrons. The molecule has 0 spiro atoms. The second kappa shape index (κ2) is 16.8. The molecule has 0 nitrogen and oxygen atoms in total. The summed E-state index contributed by atoms with van der Waals surface area (Å²) in [6, 6.07) is 0. The van der Waals surface area contributed by atoms with E-state index in [4.69, 9.17) is 23.2 Å². The summed E-state index contributed by atoms with van der Waals surface area (Å²) < 4.78 is 0. The smallest absolute Gasteiger partial charge is 0.273 e. The molecule has 15 heavy (non-hydrogen) atoms. The molecule has 0 fully saturated rings. The minimum absolute atomic E-state index is 0. The van der Waals surface area contributed by atoms with E-state index >= 15 is 0 Å². The van der Waals surface area contributed by atoms with Crippen molar-refractivity contribution in [1.82, 2.24) is 0 Å². The fourth-order valence-corrected chi connectivity index (χ4v) is 0.680. The van der Waals surface area contributed by atoms with Crippen molar-refractivity contribution in [1.29, 1.82) is 0 Å². The molecule has 0 amide bonds. The summed E-state index contributed by atoms with van der Waals surface area (Å²) in [5, 5.41) is 0. The second-order valence-corrected chi connectivity index (χ2v) is 3.14. The number of rotatable bonds is 1. The molecule has 80 valence electrons. The second-order valence-electron chi connectivity index (χ2n) is 2.38. The van der Waals surface area contributed by atoms with E-state index in [1.165, 1.54) is 0 Å². The Hall–Kier alpha value is 0.423. The van der Waals surface area contributed by atoms with Crippen LogP contribution in [-0.2, 0) is 26.2 Å². The van der Waals surface area contributed by atoms with Crippen LogP contribution >= 0.6 is 23.2 Å². The standard InChI is InChI=1S/2C5H5.C2H4Cl2.Zr/c2*1-2-4-5-3-1;3-1-2-4;/h2*1-3H,4H2;1-2H2;/q2*-1;;+2. The molecular weight excluding hydrogens is 306 g/mol. The van der Waals surface area contributed by atoms with Crippen molar-refractivity contribution in [2.45, 2.75) is 12.8 Å². The molecule has 0 aromatic heterocycles. The average molecular weight is 320 g/mol. The van der Waals surface area contributed by atoms with Crippen LogP contribution in [0.5, 0.6) is 0 Å². The molecule has 2 rings (SSSR count). The van der Waals surface area contributed by atoms with Crippen LogP contribution in [0.25, 0.3) is 0 Å². The molecule has 0 saturated carbocycles. The van der Waals surface area contributed by atoms with E-state index in [-0.39, 0.29) is 26.2 Å². The first-order chi connectivity index (χ1) is 6.91. The van der Waals surface area contributed by atoms with E-state index in [0.29, 0.717) is 11.8 Å². The summed E-state index contributed by atoms with van der Waals surface area (Å²) in [6.45, 7) is 0. The van der Waals surface area contributed by atoms with Gasteiger partial charge in [0.1, 0.15) is 0 Å². The molecule has 3 heteroatoms. The Balaban J connectivity index is 0. The van der Waals surface area contributed by atoms with Crippen LogP contribution in [0.3, 0.4) is 0 Å². The quantitative estimate of drug-likeness (QED) is 0.505. The van der Waals surface area contributed by atoms with Crippen molar-refractivity contribution in [3.63, 3.8) is 0 Å². The molecule has 0 N–H and O–H groups in total. The Morgan fingerprint density at radius 2 is 1.27 bits per heavy atom. The van der Waals surface area contributed by atoms with Gasteiger partial charge in [0.2, 0.25) is 0 Å². The van der Waals surface area contributed by atoms with Crippen LogP contribution in [0, 0.1) is 12.2 Å². The predicted molar refractivity (Wildman–Crippen MR) is 64.6 cm³/mol. The van der Waals surface area contributed by atoms with Gasteiger partial charge in [-0.15, -0.1) is 36.0 Å². The van der Waals surface area contributed by atoms with Gasteiger partial charge in [-0.25, -0.2) is 24.3 Å². The van der Waals surface area contributed by atoms with Gasteiger partial charge < -0.3 is 0 Å². The van der Waals surface area contributed by atoms with E-state index in [1.807, 2.05) is 24.3 Å². The minimum Gasteiger partial charge on any atom is -0.273 e. The summed E-state index contributed by atoms with van der Waals surface area (Å²) >= 11 is 10.1. The van der Waals surface area contributed by atoms with Crippen LogP contribution < -0.4 is 0 Å². The third-order valence-electron chi connectivity index (χ3n) is 1.24. The van der Waals surface area contributed by atoms with Gasteiger partial charge in [-0.1, -0.05) is 0 Å². The van der Waals surface area contributed by atoms with Crippen molar-refractivity contribution < 1.29 is 26.2 Å². The SMILES string of the molecule is ClCCCl.[C-]1=CC=CC1.[C-]1=CC=CC1.[Zr+2]. The third-order valence-corrected chi connectivity index (χ3v) is 1.81. The van der Waals surface area contributed by atoms with Gasteiger partial charge in [0, 0.05) is 11.8 Å². The van der Waals surface area contributed by atoms with Crippen LogP contribution in [-0.4, -0.2) is 11.8 Å². The summed E-state index contributed by atoms with van der Waals surface area (Å²) in [6.07, 6.45) is 20.0. The molecule has 0 aromatic rings. The topological polar surface area (TPSA) is 0 Å². The normalized spacial score (nSPS) is 13.7. The van der Waals surface area contributed by atoms with Crippen LogP contribution in [0.2, 0.25) is 0 Å². The van der Waals surface area contributed by atoms with Gasteiger partial charge in [0.25, 0.3) is 0 Å². The van der Waals surface area contributed by atoms with Crippen LogP contribution in [0.1, 0.15) is 12.8 Å². The Morgan fingerprint density at radius 1 is 0.867 bits per heavy atom. The monoisotopic (exact) mass is 318 g/mol. The van der Waals surface area contributed by atoms with E-state index in [0.717, 1.165) is 12.8 Å². The summed E-state index contributed by atoms with van der Waals surface area (Å²) in [5.74, 6) is 1.11. The fraction of sp³-hybridized carbons (Fsp3) is 0.333. The van der Waals surface area contributed by atoms with Gasteiger partial charge in [-0.3, -0.25) is 12.2 Å². The van der Waals surface area contributed by atoms with E-state index in [1.54, 1.807) is 0 Å². The van der Waals surface area contributed by atoms with Crippen LogP contribution in [0.15, 0.2) is 36.5 Å². The first-order valence-corrected chi connectivity index (χ1v) is 5.54. The number of hydrogen-bond donors (Lipinski definition) is 0. The Bertz CT molecular complexity index is 174. The summed E-state index contributed by atoms with van der Waals surface area (Å²) in [5.41, 5.74) is 0. The van der Waals surface area contributed by atoms with Gasteiger partial charge in [-0.05, 0) is 0 Å². The molecule has 0 unspecified atom stereocenters. The molecule has 0 aliphatic heterocycles. The third kappa shape index (κ3) is 17.1. The average Bonchev–Trinajstić information content (AvgIpc) is 2.94. The molecule has 2 aliphatic carbocycles. The van der Waals surface area contributed by atoms with Gasteiger partial charge in [0.15, 0.2) is 0 Å². The number of halogens is 2. The molecule has 0 aromatic carbocycles. The molecular formula is C12H14Cl2Zr. The molecule has 0 bridgehead atoms. The molecule has 0 atom stereocenters. The van der Waals surface area contributed by atoms with E-state index in [2.05, 4.69) is 24.3 Å². The maximum Gasteiger partial charge on any atom is 2.00 e. The summed E-state index contributed by atoms with van der Waals surface area (Å²) in [7, 11) is 0. The van der Waals surface area contributed by atoms with Crippen LogP contribution in [0.4, 0.5) is 0 Å². The van der Waals surface area contributed by atoms with Crippen molar-refractivity contribution >= 4 is 23.2 Å². The number of alkyl halides is 2. The zero-order chi connectivity index (χ0) is 10.5. The molecule has 0 heterocycles. The van der Waals surface area contributed by atoms with Gasteiger partial charge in [-0.2, -0.15) is 12.2 Å². The van der Waals surface area contributed by atoms with Crippen molar-refractivity contribution in [2.75, 3.05) is 11.8 Å². The van der Waals surface area contributed by atoms with Crippen molar-refractivity contribution in [3.05, 3.63) is 48.6 Å². The molecule has 2 aliphatic rings. The van der Waals surface area contributed by atoms with E-state index in [9.17, 15) is 0 Å². The maximum absolute atomic E-state index is 5.05. The summed E-state index contributed by atoms with van der Waals surface area (Å²) in [4.78, 5) is 0. The van der Waals surface area contributed by atoms with E-state index < -0.39 is 0 Å². The first kappa shape index (κ1) is 17.8. The number of hydrogen-bond acceptors (Lipinski definition) is 0. The zero-order valence-corrected chi connectivity index (χ0v) is 12.5. The first-order valence-electron chi connectivity index (χ1n) is 4.47. The molecule has 0 saturated heterocycles. The zero-order valence-electron chi connectivity index (χ0n) is 8.55. The Kier molecular flexibility index (Phi) is 20.0. The minimum atomic E-state index is 0. The van der Waals surface area contributed by atoms with Crippen molar-refractivity contribution in [3.8, 4) is 0 Å².